The predicted octanol–water partition coefficient (Wildman–Crippen LogP) is 6.53. The topological polar surface area (TPSA) is 53.3 Å². The Morgan fingerprint density at radius 1 is 0.857 bits per heavy atom. The molecular formula is C35H41N7. The van der Waals surface area contributed by atoms with Crippen molar-refractivity contribution in [3.8, 4) is 17.1 Å². The molecule has 0 unspecified atom stereocenters. The van der Waals surface area contributed by atoms with Gasteiger partial charge in [-0.1, -0.05) is 60.7 Å². The number of hydrogen-bond donors (Lipinski definition) is 0. The van der Waals surface area contributed by atoms with E-state index in [1.165, 1.54) is 16.8 Å². The van der Waals surface area contributed by atoms with Gasteiger partial charge >= 0.3 is 0 Å². The van der Waals surface area contributed by atoms with Crippen LogP contribution in [0.4, 0.5) is 11.5 Å². The molecule has 7 nitrogen and oxygen atoms in total. The normalized spacial score (nSPS) is 15.8. The first kappa shape index (κ1) is 27.9. The van der Waals surface area contributed by atoms with Crippen LogP contribution in [0.1, 0.15) is 30.9 Å². The first-order valence-corrected chi connectivity index (χ1v) is 15.1. The van der Waals surface area contributed by atoms with E-state index >= 15 is 0 Å². The molecule has 216 valence electrons. The molecule has 2 aromatic heterocycles. The lowest BCUT2D eigenvalue weighted by Crippen LogP contribution is -2.52. The van der Waals surface area contributed by atoms with E-state index in [-0.39, 0.29) is 0 Å². The second-order valence-corrected chi connectivity index (χ2v) is 11.5. The molecule has 0 bridgehead atoms. The molecule has 1 saturated heterocycles. The number of hydrogen-bond acceptors (Lipinski definition) is 6. The van der Waals surface area contributed by atoms with E-state index < -0.39 is 0 Å². The third-order valence-corrected chi connectivity index (χ3v) is 8.70. The Morgan fingerprint density at radius 2 is 1.62 bits per heavy atom. The fraction of sp³-hybridized carbons (Fsp3) is 0.343. The van der Waals surface area contributed by atoms with Gasteiger partial charge in [-0.3, -0.25) is 9.47 Å². The van der Waals surface area contributed by atoms with Gasteiger partial charge in [-0.15, -0.1) is 0 Å². The number of rotatable bonds is 9. The zero-order chi connectivity index (χ0) is 29.1. The summed E-state index contributed by atoms with van der Waals surface area (Å²) in [5.74, 6) is 1.75. The fourth-order valence-electron chi connectivity index (χ4n) is 6.16. The number of unbranched alkanes of at least 4 members (excludes halogenated alkanes) is 1. The Bertz CT molecular complexity index is 1630. The summed E-state index contributed by atoms with van der Waals surface area (Å²) in [4.78, 5) is 22.0. The summed E-state index contributed by atoms with van der Waals surface area (Å²) in [5.41, 5.74) is 7.92. The van der Waals surface area contributed by atoms with Crippen LogP contribution < -0.4 is 9.80 Å². The number of para-hydroxylation sites is 1. The Balaban J connectivity index is 1.12. The van der Waals surface area contributed by atoms with Crippen molar-refractivity contribution in [3.05, 3.63) is 96.3 Å². The van der Waals surface area contributed by atoms with Crippen molar-refractivity contribution in [1.29, 1.82) is 0 Å². The van der Waals surface area contributed by atoms with Crippen molar-refractivity contribution in [3.63, 3.8) is 0 Å². The molecule has 1 atom stereocenters. The lowest BCUT2D eigenvalue weighted by Gasteiger charge is -2.41. The van der Waals surface area contributed by atoms with E-state index in [0.29, 0.717) is 6.04 Å². The minimum atomic E-state index is 0.538. The van der Waals surface area contributed by atoms with Gasteiger partial charge in [0, 0.05) is 56.2 Å². The van der Waals surface area contributed by atoms with Gasteiger partial charge in [0.15, 0.2) is 17.0 Å². The fourth-order valence-corrected chi connectivity index (χ4v) is 6.16. The smallest absolute Gasteiger partial charge is 0.170 e. The maximum atomic E-state index is 5.12. The molecule has 1 fully saturated rings. The number of aryl methyl sites for hydroxylation is 1. The Labute approximate surface area is 249 Å². The first-order valence-electron chi connectivity index (χ1n) is 15.1. The summed E-state index contributed by atoms with van der Waals surface area (Å²) in [6, 6.07) is 27.9. The van der Waals surface area contributed by atoms with E-state index in [1.807, 2.05) is 24.3 Å². The summed E-state index contributed by atoms with van der Waals surface area (Å²) in [6.45, 7) is 12.1. The van der Waals surface area contributed by atoms with Crippen molar-refractivity contribution >= 4 is 22.7 Å². The number of benzene rings is 3. The van der Waals surface area contributed by atoms with E-state index in [4.69, 9.17) is 15.0 Å². The maximum absolute atomic E-state index is 5.12. The van der Waals surface area contributed by atoms with E-state index in [0.717, 1.165) is 79.6 Å². The molecule has 0 radical (unpaired) electrons. The van der Waals surface area contributed by atoms with Crippen molar-refractivity contribution in [2.45, 2.75) is 39.7 Å². The minimum Gasteiger partial charge on any atom is -0.368 e. The first-order chi connectivity index (χ1) is 20.5. The highest BCUT2D eigenvalue weighted by Gasteiger charge is 2.25. The van der Waals surface area contributed by atoms with Crippen LogP contribution >= 0.6 is 0 Å². The van der Waals surface area contributed by atoms with Crippen molar-refractivity contribution in [2.24, 2.45) is 0 Å². The number of aromatic nitrogens is 4. The SMILES string of the molecule is Cc1cccc(N2CCN(CCCCN(C)c3ncnc4c3nc(-c3ccccc3)n4-c3ccccc3)[C@H](C)C2)c1C. The van der Waals surface area contributed by atoms with Crippen LogP contribution in [0, 0.1) is 13.8 Å². The van der Waals surface area contributed by atoms with Crippen molar-refractivity contribution in [1.82, 2.24) is 24.4 Å². The molecule has 0 aliphatic carbocycles. The van der Waals surface area contributed by atoms with Gasteiger partial charge in [0.05, 0.1) is 0 Å². The average molecular weight is 560 g/mol. The molecule has 6 rings (SSSR count). The standard InChI is InChI=1S/C35H41N7/c1-26-14-13-19-31(28(26)3)41-23-22-40(27(2)24-41)21-12-11-20-39(4)34-32-35(37-25-36-34)42(30-17-9-6-10-18-30)33(38-32)29-15-7-5-8-16-29/h5-10,13-19,25,27H,11-12,20-24H2,1-4H3/t27-/m1/s1. The van der Waals surface area contributed by atoms with E-state index in [9.17, 15) is 0 Å². The molecule has 3 heterocycles. The molecule has 1 aliphatic rings. The molecule has 42 heavy (non-hydrogen) atoms. The minimum absolute atomic E-state index is 0.538. The third-order valence-electron chi connectivity index (χ3n) is 8.70. The van der Waals surface area contributed by atoms with Crippen LogP contribution in [0.5, 0.6) is 0 Å². The molecular weight excluding hydrogens is 518 g/mol. The van der Waals surface area contributed by atoms with Crippen LogP contribution in [-0.4, -0.2) is 70.2 Å². The van der Waals surface area contributed by atoms with Crippen molar-refractivity contribution in [2.75, 3.05) is 49.6 Å². The zero-order valence-electron chi connectivity index (χ0n) is 25.2. The lowest BCUT2D eigenvalue weighted by atomic mass is 10.1. The highest BCUT2D eigenvalue weighted by molar-refractivity contribution is 5.88. The highest BCUT2D eigenvalue weighted by atomic mass is 15.3. The average Bonchev–Trinajstić information content (AvgIpc) is 3.42. The van der Waals surface area contributed by atoms with Gasteiger partial charge in [0.2, 0.25) is 0 Å². The van der Waals surface area contributed by atoms with Crippen LogP contribution in [0.3, 0.4) is 0 Å². The molecule has 0 N–H and O–H groups in total. The monoisotopic (exact) mass is 559 g/mol. The largest absolute Gasteiger partial charge is 0.368 e. The molecule has 1 aliphatic heterocycles. The highest BCUT2D eigenvalue weighted by Crippen LogP contribution is 2.31. The van der Waals surface area contributed by atoms with Gasteiger partial charge in [-0.25, -0.2) is 15.0 Å². The van der Waals surface area contributed by atoms with Crippen LogP contribution in [0.15, 0.2) is 85.2 Å². The number of piperazine rings is 1. The van der Waals surface area contributed by atoms with Crippen LogP contribution in [0.2, 0.25) is 0 Å². The predicted molar refractivity (Wildman–Crippen MR) is 174 cm³/mol. The maximum Gasteiger partial charge on any atom is 0.170 e. The summed E-state index contributed by atoms with van der Waals surface area (Å²) < 4.78 is 2.14. The second-order valence-electron chi connectivity index (χ2n) is 11.5. The van der Waals surface area contributed by atoms with Gasteiger partial charge in [0.1, 0.15) is 12.2 Å². The number of fused-ring (bicyclic) bond motifs is 1. The molecule has 0 saturated carbocycles. The summed E-state index contributed by atoms with van der Waals surface area (Å²) >= 11 is 0. The Morgan fingerprint density at radius 3 is 2.38 bits per heavy atom. The second kappa shape index (κ2) is 12.3. The van der Waals surface area contributed by atoms with Crippen LogP contribution in [-0.2, 0) is 0 Å². The molecule has 0 spiro atoms. The number of nitrogens with zero attached hydrogens (tertiary/aromatic N) is 7. The van der Waals surface area contributed by atoms with Gasteiger partial charge in [-0.2, -0.15) is 0 Å². The van der Waals surface area contributed by atoms with Gasteiger partial charge < -0.3 is 9.80 Å². The summed E-state index contributed by atoms with van der Waals surface area (Å²) in [5, 5.41) is 0. The molecule has 7 heteroatoms. The molecule has 0 amide bonds. The number of anilines is 2. The quantitative estimate of drug-likeness (QED) is 0.192. The Hall–Kier alpha value is -4.23. The summed E-state index contributed by atoms with van der Waals surface area (Å²) in [6.07, 6.45) is 3.91. The third kappa shape index (κ3) is 5.61. The summed E-state index contributed by atoms with van der Waals surface area (Å²) in [7, 11) is 2.12. The van der Waals surface area contributed by atoms with Gasteiger partial charge in [-0.05, 0) is 69.5 Å². The number of imidazole rings is 1. The molecule has 5 aromatic rings. The lowest BCUT2D eigenvalue weighted by molar-refractivity contribution is 0.186. The van der Waals surface area contributed by atoms with Crippen LogP contribution in [0.25, 0.3) is 28.2 Å². The zero-order valence-corrected chi connectivity index (χ0v) is 25.2. The Kier molecular flexibility index (Phi) is 8.20. The van der Waals surface area contributed by atoms with Crippen molar-refractivity contribution < 1.29 is 0 Å². The molecule has 3 aromatic carbocycles. The van der Waals surface area contributed by atoms with Gasteiger partial charge in [0.25, 0.3) is 0 Å². The van der Waals surface area contributed by atoms with E-state index in [1.54, 1.807) is 6.33 Å². The van der Waals surface area contributed by atoms with E-state index in [2.05, 4.69) is 102 Å².